The Morgan fingerprint density at radius 3 is 2.70 bits per heavy atom. The zero-order valence-electron chi connectivity index (χ0n) is 17.2. The lowest BCUT2D eigenvalue weighted by Crippen LogP contribution is -2.36. The molecule has 2 N–H and O–H groups in total. The first-order valence-electron chi connectivity index (χ1n) is 9.55. The van der Waals surface area contributed by atoms with Crippen LogP contribution >= 0.6 is 11.6 Å². The van der Waals surface area contributed by atoms with Gasteiger partial charge >= 0.3 is 6.03 Å². The Balaban J connectivity index is 1.99. The van der Waals surface area contributed by atoms with Crippen molar-refractivity contribution in [2.75, 3.05) is 45.8 Å². The Hall–Kier alpha value is -2.62. The molecule has 0 atom stereocenters. The molecule has 0 saturated heterocycles. The van der Waals surface area contributed by atoms with Crippen LogP contribution in [0.2, 0.25) is 5.02 Å². The van der Waals surface area contributed by atoms with Gasteiger partial charge in [0.25, 0.3) is 5.91 Å². The van der Waals surface area contributed by atoms with Crippen LogP contribution in [-0.4, -0.2) is 62.3 Å². The number of hydrogen-bond acceptors (Lipinski definition) is 6. The number of anilines is 1. The third-order valence-electron chi connectivity index (χ3n) is 4.06. The quantitative estimate of drug-likeness (QED) is 0.493. The minimum Gasteiger partial charge on any atom is -0.446 e. The molecule has 164 valence electrons. The van der Waals surface area contributed by atoms with Crippen LogP contribution in [0.4, 0.5) is 10.5 Å². The van der Waals surface area contributed by atoms with Gasteiger partial charge in [0.1, 0.15) is 6.26 Å². The van der Waals surface area contributed by atoms with E-state index < -0.39 is 0 Å². The van der Waals surface area contributed by atoms with Gasteiger partial charge in [-0.3, -0.25) is 4.79 Å². The van der Waals surface area contributed by atoms with Crippen LogP contribution < -0.4 is 10.6 Å². The highest BCUT2D eigenvalue weighted by atomic mass is 35.5. The van der Waals surface area contributed by atoms with E-state index in [-0.39, 0.29) is 30.1 Å². The maximum Gasteiger partial charge on any atom is 0.322 e. The molecule has 0 spiro atoms. The van der Waals surface area contributed by atoms with Gasteiger partial charge in [0, 0.05) is 51.2 Å². The first kappa shape index (κ1) is 23.7. The summed E-state index contributed by atoms with van der Waals surface area (Å²) in [5, 5.41) is 6.06. The third kappa shape index (κ3) is 8.02. The van der Waals surface area contributed by atoms with E-state index in [1.165, 1.54) is 11.2 Å². The molecule has 1 aromatic heterocycles. The summed E-state index contributed by atoms with van der Waals surface area (Å²) in [4.78, 5) is 30.6. The third-order valence-corrected chi connectivity index (χ3v) is 4.30. The minimum absolute atomic E-state index is 0.104. The molecule has 3 amide bonds. The highest BCUT2D eigenvalue weighted by Gasteiger charge is 2.19. The fourth-order valence-electron chi connectivity index (χ4n) is 2.58. The van der Waals surface area contributed by atoms with Crippen molar-refractivity contribution in [2.45, 2.75) is 19.4 Å². The van der Waals surface area contributed by atoms with Crippen molar-refractivity contribution in [3.8, 4) is 0 Å². The van der Waals surface area contributed by atoms with Crippen LogP contribution in [0.1, 0.15) is 29.2 Å². The SMILES string of the molecule is COCCCNC(=O)c1coc(CN(CCCOC)C(=O)Nc2cccc(Cl)c2)n1. The summed E-state index contributed by atoms with van der Waals surface area (Å²) in [6.07, 6.45) is 2.61. The van der Waals surface area contributed by atoms with Gasteiger partial charge < -0.3 is 29.4 Å². The number of ether oxygens (including phenoxy) is 2. The highest BCUT2D eigenvalue weighted by Crippen LogP contribution is 2.16. The molecular weight excluding hydrogens is 412 g/mol. The number of amides is 3. The number of oxazole rings is 1. The van der Waals surface area contributed by atoms with E-state index >= 15 is 0 Å². The molecule has 0 aliphatic rings. The lowest BCUT2D eigenvalue weighted by atomic mass is 10.3. The predicted molar refractivity (Wildman–Crippen MR) is 113 cm³/mol. The maximum atomic E-state index is 12.7. The second kappa shape index (κ2) is 12.8. The molecule has 0 aliphatic carbocycles. The molecule has 2 aromatic rings. The van der Waals surface area contributed by atoms with Crippen LogP contribution in [0.3, 0.4) is 0 Å². The first-order chi connectivity index (χ1) is 14.5. The van der Waals surface area contributed by atoms with Gasteiger partial charge in [-0.25, -0.2) is 9.78 Å². The largest absolute Gasteiger partial charge is 0.446 e. The van der Waals surface area contributed by atoms with E-state index in [0.717, 1.165) is 0 Å². The second-order valence-electron chi connectivity index (χ2n) is 6.44. The molecule has 1 aromatic carbocycles. The fraction of sp³-hybridized carbons (Fsp3) is 0.450. The molecule has 1 heterocycles. The average molecular weight is 439 g/mol. The number of halogens is 1. The Labute approximate surface area is 180 Å². The number of rotatable bonds is 12. The number of nitrogens with zero attached hydrogens (tertiary/aromatic N) is 2. The van der Waals surface area contributed by atoms with Crippen LogP contribution in [0.25, 0.3) is 0 Å². The number of aromatic nitrogens is 1. The Morgan fingerprint density at radius 2 is 1.97 bits per heavy atom. The summed E-state index contributed by atoms with van der Waals surface area (Å²) in [6, 6.07) is 6.54. The van der Waals surface area contributed by atoms with Crippen molar-refractivity contribution in [1.29, 1.82) is 0 Å². The average Bonchev–Trinajstić information content (AvgIpc) is 3.19. The smallest absolute Gasteiger partial charge is 0.322 e. The normalized spacial score (nSPS) is 10.6. The molecule has 9 nitrogen and oxygen atoms in total. The summed E-state index contributed by atoms with van der Waals surface area (Å²) in [7, 11) is 3.20. The van der Waals surface area contributed by atoms with Crippen molar-refractivity contribution in [1.82, 2.24) is 15.2 Å². The van der Waals surface area contributed by atoms with E-state index in [9.17, 15) is 9.59 Å². The van der Waals surface area contributed by atoms with Gasteiger partial charge in [-0.05, 0) is 31.0 Å². The number of hydrogen-bond donors (Lipinski definition) is 2. The van der Waals surface area contributed by atoms with Crippen LogP contribution in [0, 0.1) is 0 Å². The summed E-state index contributed by atoms with van der Waals surface area (Å²) in [5.41, 5.74) is 0.738. The molecule has 0 saturated carbocycles. The Morgan fingerprint density at radius 1 is 1.20 bits per heavy atom. The van der Waals surface area contributed by atoms with Crippen molar-refractivity contribution < 1.29 is 23.5 Å². The molecule has 0 unspecified atom stereocenters. The Bertz CT molecular complexity index is 814. The predicted octanol–water partition coefficient (Wildman–Crippen LogP) is 3.16. The van der Waals surface area contributed by atoms with Crippen LogP contribution in [0.5, 0.6) is 0 Å². The standard InChI is InChI=1S/C20H27ClN4O5/c1-28-10-4-8-22-19(26)17-14-30-18(24-17)13-25(9-5-11-29-2)20(27)23-16-7-3-6-15(21)12-16/h3,6-7,12,14H,4-5,8-11,13H2,1-2H3,(H,22,26)(H,23,27). The minimum atomic E-state index is -0.338. The maximum absolute atomic E-state index is 12.7. The molecule has 0 aliphatic heterocycles. The van der Waals surface area contributed by atoms with Gasteiger partial charge in [0.05, 0.1) is 6.54 Å². The van der Waals surface area contributed by atoms with Crippen LogP contribution in [-0.2, 0) is 16.0 Å². The molecular formula is C20H27ClN4O5. The molecule has 0 radical (unpaired) electrons. The van der Waals surface area contributed by atoms with Gasteiger partial charge in [-0.2, -0.15) is 0 Å². The first-order valence-corrected chi connectivity index (χ1v) is 9.93. The van der Waals surface area contributed by atoms with E-state index in [1.807, 2.05) is 0 Å². The zero-order valence-corrected chi connectivity index (χ0v) is 17.9. The zero-order chi connectivity index (χ0) is 21.8. The van der Waals surface area contributed by atoms with Crippen molar-refractivity contribution in [3.63, 3.8) is 0 Å². The Kier molecular flexibility index (Phi) is 10.1. The highest BCUT2D eigenvalue weighted by molar-refractivity contribution is 6.30. The van der Waals surface area contributed by atoms with Gasteiger partial charge in [0.2, 0.25) is 5.89 Å². The van der Waals surface area contributed by atoms with E-state index in [1.54, 1.807) is 38.5 Å². The molecule has 0 fully saturated rings. The summed E-state index contributed by atoms with van der Waals surface area (Å²) >= 11 is 5.97. The molecule has 2 rings (SSSR count). The van der Waals surface area contributed by atoms with E-state index in [4.69, 9.17) is 25.5 Å². The number of urea groups is 1. The number of carbonyl (C=O) groups is 2. The van der Waals surface area contributed by atoms with Crippen molar-refractivity contribution in [2.24, 2.45) is 0 Å². The lowest BCUT2D eigenvalue weighted by molar-refractivity contribution is 0.0943. The number of methoxy groups -OCH3 is 2. The van der Waals surface area contributed by atoms with E-state index in [2.05, 4.69) is 15.6 Å². The summed E-state index contributed by atoms with van der Waals surface area (Å²) in [5.74, 6) is -0.0777. The molecule has 10 heteroatoms. The topological polar surface area (TPSA) is 106 Å². The summed E-state index contributed by atoms with van der Waals surface area (Å²) < 4.78 is 15.4. The van der Waals surface area contributed by atoms with Gasteiger partial charge in [-0.15, -0.1) is 0 Å². The second-order valence-corrected chi connectivity index (χ2v) is 6.87. The number of nitrogens with one attached hydrogen (secondary N) is 2. The lowest BCUT2D eigenvalue weighted by Gasteiger charge is -2.21. The van der Waals surface area contributed by atoms with E-state index in [0.29, 0.717) is 49.9 Å². The van der Waals surface area contributed by atoms with Gasteiger partial charge in [-0.1, -0.05) is 17.7 Å². The van der Waals surface area contributed by atoms with Crippen molar-refractivity contribution in [3.05, 3.63) is 47.1 Å². The van der Waals surface area contributed by atoms with Crippen LogP contribution in [0.15, 0.2) is 34.9 Å². The molecule has 0 bridgehead atoms. The van der Waals surface area contributed by atoms with Gasteiger partial charge in [0.15, 0.2) is 5.69 Å². The fourth-order valence-corrected chi connectivity index (χ4v) is 2.77. The summed E-state index contributed by atoms with van der Waals surface area (Å²) in [6.45, 7) is 2.05. The van der Waals surface area contributed by atoms with Crippen molar-refractivity contribution >= 4 is 29.2 Å². The number of carbonyl (C=O) groups excluding carboxylic acids is 2. The monoisotopic (exact) mass is 438 g/mol. The number of benzene rings is 1. The molecule has 30 heavy (non-hydrogen) atoms.